The third-order valence-electron chi connectivity index (χ3n) is 3.81. The lowest BCUT2D eigenvalue weighted by molar-refractivity contribution is -0.188. The molecule has 0 unspecified atom stereocenters. The number of furan rings is 1. The SMILES string of the molecule is O=C(NCC(=O)N1C[C@@H](C(F)(F)F)[C@H](C(=O)O)C1)NCc1ccco1. The molecule has 2 heterocycles. The van der Waals surface area contributed by atoms with E-state index in [1.54, 1.807) is 12.1 Å². The van der Waals surface area contributed by atoms with Gasteiger partial charge in [-0.2, -0.15) is 13.2 Å². The molecule has 25 heavy (non-hydrogen) atoms. The molecule has 1 saturated heterocycles. The minimum absolute atomic E-state index is 0.0774. The van der Waals surface area contributed by atoms with Crippen molar-refractivity contribution < 1.29 is 37.1 Å². The van der Waals surface area contributed by atoms with Gasteiger partial charge in [0.2, 0.25) is 5.91 Å². The van der Waals surface area contributed by atoms with Crippen LogP contribution in [0.25, 0.3) is 0 Å². The maximum absolute atomic E-state index is 12.9. The Morgan fingerprint density at radius 2 is 2.00 bits per heavy atom. The zero-order chi connectivity index (χ0) is 18.6. The van der Waals surface area contributed by atoms with Gasteiger partial charge in [-0.05, 0) is 12.1 Å². The average molecular weight is 363 g/mol. The number of carboxylic acids is 1. The van der Waals surface area contributed by atoms with Crippen molar-refractivity contribution in [1.29, 1.82) is 0 Å². The zero-order valence-electron chi connectivity index (χ0n) is 12.9. The van der Waals surface area contributed by atoms with Crippen LogP contribution in [0.4, 0.5) is 18.0 Å². The van der Waals surface area contributed by atoms with Gasteiger partial charge in [0.05, 0.1) is 31.2 Å². The number of hydrogen-bond acceptors (Lipinski definition) is 4. The number of amides is 3. The van der Waals surface area contributed by atoms with E-state index in [0.717, 1.165) is 4.90 Å². The second-order valence-corrected chi connectivity index (χ2v) is 5.51. The third-order valence-corrected chi connectivity index (χ3v) is 3.81. The van der Waals surface area contributed by atoms with Gasteiger partial charge in [0.15, 0.2) is 0 Å². The Morgan fingerprint density at radius 1 is 1.28 bits per heavy atom. The van der Waals surface area contributed by atoms with E-state index in [2.05, 4.69) is 10.6 Å². The smallest absolute Gasteiger partial charge is 0.394 e. The third kappa shape index (κ3) is 4.88. The normalized spacial score (nSPS) is 20.4. The molecule has 1 fully saturated rings. The topological polar surface area (TPSA) is 112 Å². The maximum atomic E-state index is 12.9. The van der Waals surface area contributed by atoms with Crippen LogP contribution in [0.2, 0.25) is 0 Å². The number of nitrogens with zero attached hydrogens (tertiary/aromatic N) is 1. The number of halogens is 3. The standard InChI is InChI=1S/C14H16F3N3O5/c15-14(16,17)10-7-20(6-9(10)12(22)23)11(21)5-19-13(24)18-4-8-2-1-3-25-8/h1-3,9-10H,4-7H2,(H,22,23)(H2,18,19,24)/t9-,10-/m1/s1. The highest BCUT2D eigenvalue weighted by Crippen LogP contribution is 2.37. The first kappa shape index (κ1) is 18.6. The predicted molar refractivity (Wildman–Crippen MR) is 76.2 cm³/mol. The van der Waals surface area contributed by atoms with E-state index in [1.807, 2.05) is 0 Å². The Hall–Kier alpha value is -2.72. The van der Waals surface area contributed by atoms with E-state index in [0.29, 0.717) is 5.76 Å². The second kappa shape index (κ2) is 7.45. The van der Waals surface area contributed by atoms with Crippen LogP contribution < -0.4 is 10.6 Å². The van der Waals surface area contributed by atoms with E-state index in [-0.39, 0.29) is 6.54 Å². The number of alkyl halides is 3. The van der Waals surface area contributed by atoms with Gasteiger partial charge < -0.3 is 25.1 Å². The molecule has 2 rings (SSSR count). The van der Waals surface area contributed by atoms with Crippen molar-refractivity contribution in [2.75, 3.05) is 19.6 Å². The van der Waals surface area contributed by atoms with E-state index >= 15 is 0 Å². The summed E-state index contributed by atoms with van der Waals surface area (Å²) >= 11 is 0. The molecular formula is C14H16F3N3O5. The number of nitrogens with one attached hydrogen (secondary N) is 2. The first-order valence-electron chi connectivity index (χ1n) is 7.30. The fourth-order valence-electron chi connectivity index (χ4n) is 2.50. The van der Waals surface area contributed by atoms with Gasteiger partial charge in [-0.3, -0.25) is 9.59 Å². The average Bonchev–Trinajstić information content (AvgIpc) is 3.18. The summed E-state index contributed by atoms with van der Waals surface area (Å²) in [5, 5.41) is 13.5. The summed E-state index contributed by atoms with van der Waals surface area (Å²) in [6, 6.07) is 2.55. The molecular weight excluding hydrogens is 347 g/mol. The van der Waals surface area contributed by atoms with Crippen molar-refractivity contribution in [1.82, 2.24) is 15.5 Å². The number of rotatable bonds is 5. The van der Waals surface area contributed by atoms with Crippen LogP contribution in [-0.2, 0) is 16.1 Å². The molecule has 1 aliphatic heterocycles. The number of carbonyl (C=O) groups excluding carboxylic acids is 2. The number of carboxylic acid groups (broad SMARTS) is 1. The molecule has 0 radical (unpaired) electrons. The quantitative estimate of drug-likeness (QED) is 0.716. The highest BCUT2D eigenvalue weighted by Gasteiger charge is 2.53. The molecule has 1 aromatic rings. The number of likely N-dealkylation sites (tertiary alicyclic amines) is 1. The Bertz CT molecular complexity index is 632. The summed E-state index contributed by atoms with van der Waals surface area (Å²) in [6.07, 6.45) is -3.30. The molecule has 1 aliphatic rings. The first-order chi connectivity index (χ1) is 11.7. The fraction of sp³-hybridized carbons (Fsp3) is 0.500. The largest absolute Gasteiger partial charge is 0.481 e. The van der Waals surface area contributed by atoms with Crippen molar-refractivity contribution in [2.24, 2.45) is 11.8 Å². The molecule has 0 saturated carbocycles. The summed E-state index contributed by atoms with van der Waals surface area (Å²) in [4.78, 5) is 35.2. The molecule has 0 aliphatic carbocycles. The van der Waals surface area contributed by atoms with Crippen molar-refractivity contribution in [2.45, 2.75) is 12.7 Å². The Balaban J connectivity index is 1.82. The minimum atomic E-state index is -4.72. The summed E-state index contributed by atoms with van der Waals surface area (Å²) < 4.78 is 43.6. The lowest BCUT2D eigenvalue weighted by atomic mass is 9.96. The maximum Gasteiger partial charge on any atom is 0.394 e. The summed E-state index contributed by atoms with van der Waals surface area (Å²) in [7, 11) is 0. The van der Waals surface area contributed by atoms with Crippen LogP contribution in [-0.4, -0.2) is 53.7 Å². The van der Waals surface area contributed by atoms with Crippen LogP contribution in [0.3, 0.4) is 0 Å². The minimum Gasteiger partial charge on any atom is -0.481 e. The monoisotopic (exact) mass is 363 g/mol. The van der Waals surface area contributed by atoms with E-state index in [1.165, 1.54) is 6.26 Å². The Morgan fingerprint density at radius 3 is 2.52 bits per heavy atom. The highest BCUT2D eigenvalue weighted by atomic mass is 19.4. The van der Waals surface area contributed by atoms with Gasteiger partial charge in [0, 0.05) is 13.1 Å². The summed E-state index contributed by atoms with van der Waals surface area (Å²) in [5.74, 6) is -5.75. The molecule has 11 heteroatoms. The van der Waals surface area contributed by atoms with Gasteiger partial charge in [0.25, 0.3) is 0 Å². The van der Waals surface area contributed by atoms with Gasteiger partial charge in [0.1, 0.15) is 5.76 Å². The lowest BCUT2D eigenvalue weighted by Crippen LogP contribution is -2.43. The van der Waals surface area contributed by atoms with Gasteiger partial charge in [-0.25, -0.2) is 4.79 Å². The van der Waals surface area contributed by atoms with Crippen molar-refractivity contribution in [3.63, 3.8) is 0 Å². The predicted octanol–water partition coefficient (Wildman–Crippen LogP) is 0.800. The molecule has 3 N–H and O–H groups in total. The summed E-state index contributed by atoms with van der Waals surface area (Å²) in [5.41, 5.74) is 0. The first-order valence-corrected chi connectivity index (χ1v) is 7.30. The molecule has 8 nitrogen and oxygen atoms in total. The van der Waals surface area contributed by atoms with Crippen LogP contribution in [0, 0.1) is 11.8 Å². The molecule has 3 amide bonds. The van der Waals surface area contributed by atoms with Crippen molar-refractivity contribution in [3.8, 4) is 0 Å². The number of aliphatic carboxylic acids is 1. The van der Waals surface area contributed by atoms with Crippen LogP contribution in [0.1, 0.15) is 5.76 Å². The molecule has 138 valence electrons. The lowest BCUT2D eigenvalue weighted by Gasteiger charge is -2.18. The number of hydrogen-bond donors (Lipinski definition) is 3. The summed E-state index contributed by atoms with van der Waals surface area (Å²) in [6.45, 7) is -1.75. The van der Waals surface area contributed by atoms with Crippen molar-refractivity contribution >= 4 is 17.9 Å². The van der Waals surface area contributed by atoms with Crippen LogP contribution in [0.5, 0.6) is 0 Å². The Kier molecular flexibility index (Phi) is 5.55. The zero-order valence-corrected chi connectivity index (χ0v) is 12.9. The van der Waals surface area contributed by atoms with Gasteiger partial charge in [-0.15, -0.1) is 0 Å². The fourth-order valence-corrected chi connectivity index (χ4v) is 2.50. The molecule has 0 bridgehead atoms. The van der Waals surface area contributed by atoms with E-state index < -0.39 is 55.6 Å². The van der Waals surface area contributed by atoms with Gasteiger partial charge >= 0.3 is 18.2 Å². The van der Waals surface area contributed by atoms with Crippen LogP contribution in [0.15, 0.2) is 22.8 Å². The van der Waals surface area contributed by atoms with Gasteiger partial charge in [-0.1, -0.05) is 0 Å². The molecule has 0 spiro atoms. The van der Waals surface area contributed by atoms with E-state index in [4.69, 9.17) is 9.52 Å². The number of carbonyl (C=O) groups is 3. The number of urea groups is 1. The second-order valence-electron chi connectivity index (χ2n) is 5.51. The molecule has 1 aromatic heterocycles. The van der Waals surface area contributed by atoms with Crippen LogP contribution >= 0.6 is 0 Å². The highest BCUT2D eigenvalue weighted by molar-refractivity contribution is 5.85. The molecule has 0 aromatic carbocycles. The van der Waals surface area contributed by atoms with E-state index in [9.17, 15) is 27.6 Å². The van der Waals surface area contributed by atoms with Crippen molar-refractivity contribution in [3.05, 3.63) is 24.2 Å². The Labute approximate surface area is 140 Å². The molecule has 2 atom stereocenters.